The quantitative estimate of drug-likeness (QED) is 0.823. The third kappa shape index (κ3) is 2.85. The molecule has 120 valence electrons. The second-order valence-electron chi connectivity index (χ2n) is 6.72. The van der Waals surface area contributed by atoms with E-state index in [-0.39, 0.29) is 11.6 Å². The van der Waals surface area contributed by atoms with Crippen LogP contribution in [0.4, 0.5) is 8.78 Å². The Kier molecular flexibility index (Phi) is 4.15. The fourth-order valence-electron chi connectivity index (χ4n) is 3.90. The number of hydrogen-bond acceptors (Lipinski definition) is 2. The van der Waals surface area contributed by atoms with Crippen molar-refractivity contribution in [2.24, 2.45) is 5.41 Å². The van der Waals surface area contributed by atoms with Crippen LogP contribution in [0.5, 0.6) is 0 Å². The number of hydrogen-bond donors (Lipinski definition) is 0. The number of piperidine rings is 1. The van der Waals surface area contributed by atoms with Crippen LogP contribution >= 0.6 is 0 Å². The molecule has 22 heavy (non-hydrogen) atoms. The zero-order chi connectivity index (χ0) is 15.7. The van der Waals surface area contributed by atoms with Crippen molar-refractivity contribution in [2.45, 2.75) is 51.9 Å². The standard InChI is InChI=1S/C17H22F2N2O/c1-12-10-14(15(18)19)20-11-13(12)16(22)21-8-6-17(7-9-21)4-2-3-5-17/h10-11,15H,2-9H2,1H3. The minimum absolute atomic E-state index is 0.0707. The molecule has 2 heterocycles. The maximum absolute atomic E-state index is 12.6. The Labute approximate surface area is 129 Å². The Morgan fingerprint density at radius 2 is 1.86 bits per heavy atom. The normalized spacial score (nSPS) is 20.8. The van der Waals surface area contributed by atoms with E-state index < -0.39 is 6.43 Å². The molecular weight excluding hydrogens is 286 g/mol. The number of halogens is 2. The number of alkyl halides is 2. The molecule has 1 saturated carbocycles. The summed E-state index contributed by atoms with van der Waals surface area (Å²) in [5.74, 6) is -0.0707. The van der Waals surface area contributed by atoms with E-state index >= 15 is 0 Å². The van der Waals surface area contributed by atoms with E-state index in [1.807, 2.05) is 4.90 Å². The molecule has 2 aliphatic rings. The number of carbonyl (C=O) groups is 1. The molecule has 1 aromatic rings. The second-order valence-corrected chi connectivity index (χ2v) is 6.72. The summed E-state index contributed by atoms with van der Waals surface area (Å²) in [5.41, 5.74) is 1.23. The molecule has 3 nitrogen and oxygen atoms in total. The lowest BCUT2D eigenvalue weighted by Gasteiger charge is -2.39. The Morgan fingerprint density at radius 1 is 1.23 bits per heavy atom. The van der Waals surface area contributed by atoms with Crippen molar-refractivity contribution < 1.29 is 13.6 Å². The monoisotopic (exact) mass is 308 g/mol. The highest BCUT2D eigenvalue weighted by Gasteiger charge is 2.38. The van der Waals surface area contributed by atoms with Crippen molar-refractivity contribution in [3.8, 4) is 0 Å². The summed E-state index contributed by atoms with van der Waals surface area (Å²) in [7, 11) is 0. The van der Waals surface area contributed by atoms with Gasteiger partial charge in [0.25, 0.3) is 12.3 Å². The van der Waals surface area contributed by atoms with Gasteiger partial charge in [0.05, 0.1) is 5.56 Å². The topological polar surface area (TPSA) is 33.2 Å². The van der Waals surface area contributed by atoms with Gasteiger partial charge < -0.3 is 4.90 Å². The van der Waals surface area contributed by atoms with Crippen LogP contribution in [0.2, 0.25) is 0 Å². The molecule has 0 aromatic carbocycles. The first-order valence-corrected chi connectivity index (χ1v) is 8.05. The summed E-state index contributed by atoms with van der Waals surface area (Å²) in [4.78, 5) is 18.2. The molecule has 5 heteroatoms. The number of likely N-dealkylation sites (tertiary alicyclic amines) is 1. The minimum atomic E-state index is -2.60. The van der Waals surface area contributed by atoms with Crippen LogP contribution in [0, 0.1) is 12.3 Å². The summed E-state index contributed by atoms with van der Waals surface area (Å²) in [6.45, 7) is 3.24. The molecular formula is C17H22F2N2O. The number of aromatic nitrogens is 1. The van der Waals surface area contributed by atoms with E-state index in [0.717, 1.165) is 25.9 Å². The SMILES string of the molecule is Cc1cc(C(F)F)ncc1C(=O)N1CCC2(CCCC2)CC1. The number of nitrogens with zero attached hydrogens (tertiary/aromatic N) is 2. The van der Waals surface area contributed by atoms with E-state index in [4.69, 9.17) is 0 Å². The number of carbonyl (C=O) groups excluding carboxylic acids is 1. The van der Waals surface area contributed by atoms with Gasteiger partial charge in [-0.3, -0.25) is 9.78 Å². The second kappa shape index (κ2) is 5.94. The van der Waals surface area contributed by atoms with Crippen LogP contribution in [0.1, 0.15) is 66.6 Å². The van der Waals surface area contributed by atoms with Crippen LogP contribution in [0.15, 0.2) is 12.3 Å². The largest absolute Gasteiger partial charge is 0.339 e. The van der Waals surface area contributed by atoms with Crippen molar-refractivity contribution in [2.75, 3.05) is 13.1 Å². The van der Waals surface area contributed by atoms with Gasteiger partial charge in [0.1, 0.15) is 5.69 Å². The molecule has 0 bridgehead atoms. The van der Waals surface area contributed by atoms with Gasteiger partial charge in [-0.1, -0.05) is 12.8 Å². The third-order valence-electron chi connectivity index (χ3n) is 5.36. The Morgan fingerprint density at radius 3 is 2.41 bits per heavy atom. The van der Waals surface area contributed by atoms with E-state index in [1.165, 1.54) is 37.9 Å². The average Bonchev–Trinajstić information content (AvgIpc) is 2.95. The molecule has 0 radical (unpaired) electrons. The van der Waals surface area contributed by atoms with Crippen molar-refractivity contribution in [1.82, 2.24) is 9.88 Å². The van der Waals surface area contributed by atoms with Crippen molar-refractivity contribution in [3.05, 3.63) is 29.1 Å². The van der Waals surface area contributed by atoms with E-state index in [0.29, 0.717) is 16.5 Å². The zero-order valence-corrected chi connectivity index (χ0v) is 12.9. The van der Waals surface area contributed by atoms with Gasteiger partial charge in [-0.15, -0.1) is 0 Å². The lowest BCUT2D eigenvalue weighted by Crippen LogP contribution is -2.42. The summed E-state index contributed by atoms with van der Waals surface area (Å²) >= 11 is 0. The highest BCUT2D eigenvalue weighted by Crippen LogP contribution is 2.46. The highest BCUT2D eigenvalue weighted by molar-refractivity contribution is 5.95. The molecule has 1 aromatic heterocycles. The molecule has 1 saturated heterocycles. The molecule has 2 fully saturated rings. The van der Waals surface area contributed by atoms with Gasteiger partial charge in [0, 0.05) is 19.3 Å². The number of amides is 1. The first-order chi connectivity index (χ1) is 10.5. The fourth-order valence-corrected chi connectivity index (χ4v) is 3.90. The zero-order valence-electron chi connectivity index (χ0n) is 12.9. The van der Waals surface area contributed by atoms with Gasteiger partial charge in [-0.05, 0) is 49.7 Å². The molecule has 0 unspecified atom stereocenters. The molecule has 1 spiro atoms. The lowest BCUT2D eigenvalue weighted by atomic mass is 9.77. The Hall–Kier alpha value is -1.52. The Bertz CT molecular complexity index is 558. The summed E-state index contributed by atoms with van der Waals surface area (Å²) in [5, 5.41) is 0. The van der Waals surface area contributed by atoms with Crippen LogP contribution in [0.3, 0.4) is 0 Å². The Balaban J connectivity index is 1.69. The molecule has 1 amide bonds. The highest BCUT2D eigenvalue weighted by atomic mass is 19.3. The van der Waals surface area contributed by atoms with Crippen LogP contribution in [-0.4, -0.2) is 28.9 Å². The maximum Gasteiger partial charge on any atom is 0.280 e. The molecule has 0 atom stereocenters. The molecule has 1 aliphatic heterocycles. The predicted molar refractivity (Wildman–Crippen MR) is 80.0 cm³/mol. The van der Waals surface area contributed by atoms with Crippen LogP contribution in [-0.2, 0) is 0 Å². The van der Waals surface area contributed by atoms with Gasteiger partial charge in [-0.2, -0.15) is 0 Å². The van der Waals surface area contributed by atoms with E-state index in [9.17, 15) is 13.6 Å². The van der Waals surface area contributed by atoms with Crippen molar-refractivity contribution in [3.63, 3.8) is 0 Å². The fraction of sp³-hybridized carbons (Fsp3) is 0.647. The lowest BCUT2D eigenvalue weighted by molar-refractivity contribution is 0.0586. The molecule has 1 aliphatic carbocycles. The van der Waals surface area contributed by atoms with E-state index in [2.05, 4.69) is 4.98 Å². The van der Waals surface area contributed by atoms with Gasteiger partial charge in [-0.25, -0.2) is 8.78 Å². The van der Waals surface area contributed by atoms with Crippen LogP contribution in [0.25, 0.3) is 0 Å². The van der Waals surface area contributed by atoms with Gasteiger partial charge in [0.15, 0.2) is 0 Å². The van der Waals surface area contributed by atoms with Crippen molar-refractivity contribution >= 4 is 5.91 Å². The van der Waals surface area contributed by atoms with Crippen molar-refractivity contribution in [1.29, 1.82) is 0 Å². The average molecular weight is 308 g/mol. The van der Waals surface area contributed by atoms with Gasteiger partial charge in [0.2, 0.25) is 0 Å². The predicted octanol–water partition coefficient (Wildman–Crippen LogP) is 4.12. The van der Waals surface area contributed by atoms with Crippen LogP contribution < -0.4 is 0 Å². The van der Waals surface area contributed by atoms with E-state index in [1.54, 1.807) is 6.92 Å². The first kappa shape index (κ1) is 15.4. The van der Waals surface area contributed by atoms with Gasteiger partial charge >= 0.3 is 0 Å². The summed E-state index contributed by atoms with van der Waals surface area (Å²) in [6.07, 6.45) is 6.05. The first-order valence-electron chi connectivity index (χ1n) is 8.05. The molecule has 3 rings (SSSR count). The third-order valence-corrected chi connectivity index (χ3v) is 5.36. The molecule has 0 N–H and O–H groups in total. The maximum atomic E-state index is 12.6. The summed E-state index contributed by atoms with van der Waals surface area (Å²) < 4.78 is 25.3. The number of rotatable bonds is 2. The summed E-state index contributed by atoms with van der Waals surface area (Å²) in [6, 6.07) is 1.32. The minimum Gasteiger partial charge on any atom is -0.339 e. The number of aryl methyl sites for hydroxylation is 1. The number of pyridine rings is 1. The smallest absolute Gasteiger partial charge is 0.280 e.